The summed E-state index contributed by atoms with van der Waals surface area (Å²) in [5.41, 5.74) is 2.21. The standard InChI is InChI=1S/C17H17ClN2O4/c1-11-5-3-4-6-14(11)20-16(21)10-24-17-13(18)7-12(9-19-22)8-15(17)23-2/h3-9,22H,10H2,1-2H3,(H,20,21)/b19-9+. The molecule has 0 saturated carbocycles. The van der Waals surface area contributed by atoms with Crippen LogP contribution >= 0.6 is 11.6 Å². The SMILES string of the molecule is COc1cc(/C=N/O)cc(Cl)c1OCC(=O)Nc1ccccc1C. The van der Waals surface area contributed by atoms with Crippen molar-refractivity contribution >= 4 is 29.4 Å². The second-order valence-electron chi connectivity index (χ2n) is 4.93. The van der Waals surface area contributed by atoms with Gasteiger partial charge in [0.05, 0.1) is 18.3 Å². The van der Waals surface area contributed by atoms with Crippen molar-refractivity contribution in [2.45, 2.75) is 6.92 Å². The van der Waals surface area contributed by atoms with Gasteiger partial charge in [0, 0.05) is 11.3 Å². The van der Waals surface area contributed by atoms with Crippen LogP contribution in [0.15, 0.2) is 41.6 Å². The van der Waals surface area contributed by atoms with Crippen LogP contribution in [0, 0.1) is 6.92 Å². The molecule has 0 unspecified atom stereocenters. The van der Waals surface area contributed by atoms with Gasteiger partial charge >= 0.3 is 0 Å². The molecule has 6 nitrogen and oxygen atoms in total. The number of carbonyl (C=O) groups is 1. The zero-order chi connectivity index (χ0) is 17.5. The fourth-order valence-corrected chi connectivity index (χ4v) is 2.33. The Morgan fingerprint density at radius 3 is 2.79 bits per heavy atom. The Bertz CT molecular complexity index is 762. The number of carbonyl (C=O) groups excluding carboxylic acids is 1. The van der Waals surface area contributed by atoms with E-state index in [1.807, 2.05) is 31.2 Å². The molecule has 0 aliphatic carbocycles. The fourth-order valence-electron chi connectivity index (χ4n) is 2.06. The number of para-hydroxylation sites is 1. The number of rotatable bonds is 6. The van der Waals surface area contributed by atoms with Crippen LogP contribution in [-0.2, 0) is 4.79 Å². The molecular formula is C17H17ClN2O4. The third-order valence-corrected chi connectivity index (χ3v) is 3.51. The summed E-state index contributed by atoms with van der Waals surface area (Å²) in [5.74, 6) is 0.263. The van der Waals surface area contributed by atoms with Crippen LogP contribution in [0.3, 0.4) is 0 Å². The Balaban J connectivity index is 2.08. The first-order chi connectivity index (χ1) is 11.5. The summed E-state index contributed by atoms with van der Waals surface area (Å²) in [4.78, 5) is 12.0. The van der Waals surface area contributed by atoms with E-state index in [1.165, 1.54) is 13.3 Å². The second-order valence-corrected chi connectivity index (χ2v) is 5.34. The molecule has 126 valence electrons. The minimum absolute atomic E-state index is 0.224. The molecule has 24 heavy (non-hydrogen) atoms. The highest BCUT2D eigenvalue weighted by molar-refractivity contribution is 6.32. The van der Waals surface area contributed by atoms with E-state index in [0.717, 1.165) is 11.3 Å². The number of aryl methyl sites for hydroxylation is 1. The first kappa shape index (κ1) is 17.6. The van der Waals surface area contributed by atoms with E-state index in [4.69, 9.17) is 26.3 Å². The van der Waals surface area contributed by atoms with Gasteiger partial charge in [-0.15, -0.1) is 0 Å². The Kier molecular flexibility index (Phi) is 6.03. The number of hydrogen-bond donors (Lipinski definition) is 2. The van der Waals surface area contributed by atoms with Crippen molar-refractivity contribution in [2.24, 2.45) is 5.16 Å². The Morgan fingerprint density at radius 2 is 2.12 bits per heavy atom. The first-order valence-corrected chi connectivity index (χ1v) is 7.46. The molecule has 0 saturated heterocycles. The Morgan fingerprint density at radius 1 is 1.38 bits per heavy atom. The molecule has 7 heteroatoms. The summed E-state index contributed by atoms with van der Waals surface area (Å²) in [6.45, 7) is 1.68. The fraction of sp³-hybridized carbons (Fsp3) is 0.176. The molecule has 0 aliphatic rings. The zero-order valence-corrected chi connectivity index (χ0v) is 14.0. The zero-order valence-electron chi connectivity index (χ0n) is 13.2. The van der Waals surface area contributed by atoms with Crippen LogP contribution in [-0.4, -0.2) is 31.0 Å². The smallest absolute Gasteiger partial charge is 0.262 e. The topological polar surface area (TPSA) is 80.2 Å². The lowest BCUT2D eigenvalue weighted by Crippen LogP contribution is -2.21. The molecule has 2 aromatic rings. The lowest BCUT2D eigenvalue weighted by atomic mass is 10.2. The molecule has 0 heterocycles. The number of benzene rings is 2. The largest absolute Gasteiger partial charge is 0.493 e. The van der Waals surface area contributed by atoms with Crippen LogP contribution in [0.25, 0.3) is 0 Å². The van der Waals surface area contributed by atoms with E-state index in [9.17, 15) is 4.79 Å². The average Bonchev–Trinajstić information content (AvgIpc) is 2.56. The molecule has 0 atom stereocenters. The molecule has 2 N–H and O–H groups in total. The van der Waals surface area contributed by atoms with Crippen molar-refractivity contribution in [2.75, 3.05) is 19.0 Å². The summed E-state index contributed by atoms with van der Waals surface area (Å²) in [6.07, 6.45) is 1.21. The first-order valence-electron chi connectivity index (χ1n) is 7.08. The third kappa shape index (κ3) is 4.39. The minimum Gasteiger partial charge on any atom is -0.493 e. The molecule has 2 rings (SSSR count). The third-order valence-electron chi connectivity index (χ3n) is 3.23. The predicted octanol–water partition coefficient (Wildman–Crippen LogP) is 3.48. The van der Waals surface area contributed by atoms with Gasteiger partial charge in [-0.05, 0) is 30.7 Å². The number of anilines is 1. The Labute approximate surface area is 144 Å². The second kappa shape index (κ2) is 8.21. The predicted molar refractivity (Wildman–Crippen MR) is 92.7 cm³/mol. The number of amides is 1. The number of hydrogen-bond acceptors (Lipinski definition) is 5. The number of nitrogens with one attached hydrogen (secondary N) is 1. The van der Waals surface area contributed by atoms with Gasteiger partial charge in [-0.1, -0.05) is 35.0 Å². The molecule has 0 bridgehead atoms. The molecule has 1 amide bonds. The van der Waals surface area contributed by atoms with Crippen LogP contribution in [0.5, 0.6) is 11.5 Å². The highest BCUT2D eigenvalue weighted by atomic mass is 35.5. The number of halogens is 1. The summed E-state index contributed by atoms with van der Waals surface area (Å²) in [5, 5.41) is 14.5. The maximum atomic E-state index is 12.0. The number of nitrogens with zero attached hydrogens (tertiary/aromatic N) is 1. The maximum Gasteiger partial charge on any atom is 0.262 e. The number of ether oxygens (including phenoxy) is 2. The van der Waals surface area contributed by atoms with E-state index < -0.39 is 0 Å². The lowest BCUT2D eigenvalue weighted by Gasteiger charge is -2.13. The monoisotopic (exact) mass is 348 g/mol. The van der Waals surface area contributed by atoms with Gasteiger partial charge in [-0.3, -0.25) is 4.79 Å². The highest BCUT2D eigenvalue weighted by Gasteiger charge is 2.14. The highest BCUT2D eigenvalue weighted by Crippen LogP contribution is 2.36. The van der Waals surface area contributed by atoms with Gasteiger partial charge in [0.2, 0.25) is 0 Å². The number of methoxy groups -OCH3 is 1. The van der Waals surface area contributed by atoms with Crippen molar-refractivity contribution < 1.29 is 19.5 Å². The van der Waals surface area contributed by atoms with E-state index in [0.29, 0.717) is 11.3 Å². The van der Waals surface area contributed by atoms with Gasteiger partial charge in [0.25, 0.3) is 5.91 Å². The molecule has 0 spiro atoms. The molecule has 0 aromatic heterocycles. The van der Waals surface area contributed by atoms with Crippen molar-refractivity contribution in [3.63, 3.8) is 0 Å². The van der Waals surface area contributed by atoms with E-state index in [2.05, 4.69) is 10.5 Å². The molecule has 0 radical (unpaired) electrons. The van der Waals surface area contributed by atoms with Gasteiger partial charge in [-0.25, -0.2) is 0 Å². The van der Waals surface area contributed by atoms with Crippen LogP contribution in [0.1, 0.15) is 11.1 Å². The molecule has 2 aromatic carbocycles. The van der Waals surface area contributed by atoms with Crippen molar-refractivity contribution in [1.29, 1.82) is 0 Å². The van der Waals surface area contributed by atoms with E-state index in [-0.39, 0.29) is 23.3 Å². The van der Waals surface area contributed by atoms with Gasteiger partial charge in [-0.2, -0.15) is 0 Å². The Hall–Kier alpha value is -2.73. The summed E-state index contributed by atoms with van der Waals surface area (Å²) in [6, 6.07) is 10.6. The van der Waals surface area contributed by atoms with Crippen molar-refractivity contribution in [3.8, 4) is 11.5 Å². The summed E-state index contributed by atoms with van der Waals surface area (Å²) in [7, 11) is 1.45. The average molecular weight is 349 g/mol. The van der Waals surface area contributed by atoms with Crippen molar-refractivity contribution in [3.05, 3.63) is 52.5 Å². The molecule has 0 aliphatic heterocycles. The molecule has 0 fully saturated rings. The lowest BCUT2D eigenvalue weighted by molar-refractivity contribution is -0.118. The van der Waals surface area contributed by atoms with Gasteiger partial charge in [0.1, 0.15) is 0 Å². The quantitative estimate of drug-likeness (QED) is 0.476. The number of oxime groups is 1. The van der Waals surface area contributed by atoms with Gasteiger partial charge in [0.15, 0.2) is 18.1 Å². The van der Waals surface area contributed by atoms with E-state index in [1.54, 1.807) is 12.1 Å². The summed E-state index contributed by atoms with van der Waals surface area (Å²) >= 11 is 6.14. The maximum absolute atomic E-state index is 12.0. The van der Waals surface area contributed by atoms with Crippen LogP contribution in [0.4, 0.5) is 5.69 Å². The molecular weight excluding hydrogens is 332 g/mol. The normalized spacial score (nSPS) is 10.6. The van der Waals surface area contributed by atoms with Gasteiger partial charge < -0.3 is 20.0 Å². The van der Waals surface area contributed by atoms with E-state index >= 15 is 0 Å². The van der Waals surface area contributed by atoms with Crippen LogP contribution < -0.4 is 14.8 Å². The van der Waals surface area contributed by atoms with Crippen molar-refractivity contribution in [1.82, 2.24) is 0 Å². The minimum atomic E-state index is -0.316. The summed E-state index contributed by atoms with van der Waals surface area (Å²) < 4.78 is 10.7. The van der Waals surface area contributed by atoms with Crippen LogP contribution in [0.2, 0.25) is 5.02 Å².